The predicted octanol–water partition coefficient (Wildman–Crippen LogP) is 2.93. The van der Waals surface area contributed by atoms with E-state index >= 15 is 0 Å². The number of thioether (sulfide) groups is 1. The molecule has 1 nitrogen and oxygen atoms in total. The zero-order valence-electron chi connectivity index (χ0n) is 7.40. The molecule has 1 N–H and O–H groups in total. The minimum absolute atomic E-state index is 0. The van der Waals surface area contributed by atoms with E-state index in [2.05, 4.69) is 36.2 Å². The third-order valence-corrected chi connectivity index (χ3v) is 2.33. The lowest BCUT2D eigenvalue weighted by Crippen LogP contribution is -2.11. The summed E-state index contributed by atoms with van der Waals surface area (Å²) in [5.41, 5.74) is 0. The minimum Gasteiger partial charge on any atom is -0.304 e. The zero-order valence-corrected chi connectivity index (χ0v) is 9.03. The van der Waals surface area contributed by atoms with Gasteiger partial charge >= 0.3 is 0 Å². The number of benzene rings is 1. The monoisotopic (exact) mass is 215 g/mol. The van der Waals surface area contributed by atoms with Crippen molar-refractivity contribution < 1.29 is 0 Å². The summed E-state index contributed by atoms with van der Waals surface area (Å²) in [4.78, 5) is 1.30. The molecule has 0 saturated heterocycles. The Morgan fingerprint density at radius 3 is 2.62 bits per heavy atom. The van der Waals surface area contributed by atoms with E-state index in [9.17, 15) is 0 Å². The van der Waals surface area contributed by atoms with E-state index in [1.54, 1.807) is 11.8 Å². The van der Waals surface area contributed by atoms with Gasteiger partial charge in [0.15, 0.2) is 0 Å². The Labute approximate surface area is 90.0 Å². The van der Waals surface area contributed by atoms with Gasteiger partial charge in [-0.25, -0.2) is 0 Å². The van der Waals surface area contributed by atoms with Crippen LogP contribution < -0.4 is 5.32 Å². The van der Waals surface area contributed by atoms with E-state index in [0.717, 1.165) is 12.4 Å². The fourth-order valence-electron chi connectivity index (χ4n) is 0.812. The van der Waals surface area contributed by atoms with Crippen molar-refractivity contribution in [2.45, 2.75) is 4.90 Å². The topological polar surface area (TPSA) is 12.0 Å². The van der Waals surface area contributed by atoms with Gasteiger partial charge in [0.05, 0.1) is 0 Å². The van der Waals surface area contributed by atoms with E-state index in [1.165, 1.54) is 4.90 Å². The molecule has 0 saturated carbocycles. The second-order valence-electron chi connectivity index (χ2n) is 2.34. The van der Waals surface area contributed by atoms with Gasteiger partial charge in [-0.1, -0.05) is 24.3 Å². The quantitative estimate of drug-likeness (QED) is 0.351. The predicted molar refractivity (Wildman–Crippen MR) is 62.6 cm³/mol. The Morgan fingerprint density at radius 1 is 1.31 bits per heavy atom. The van der Waals surface area contributed by atoms with Crippen molar-refractivity contribution in [3.63, 3.8) is 0 Å². The van der Waals surface area contributed by atoms with E-state index in [-0.39, 0.29) is 12.4 Å². The summed E-state index contributed by atoms with van der Waals surface area (Å²) in [6.45, 7) is 4.51. The highest BCUT2D eigenvalue weighted by Gasteiger charge is 1.89. The highest BCUT2D eigenvalue weighted by molar-refractivity contribution is 7.99. The third-order valence-electron chi connectivity index (χ3n) is 1.37. The summed E-state index contributed by atoms with van der Waals surface area (Å²) >= 11 is 1.80. The van der Waals surface area contributed by atoms with Gasteiger partial charge in [-0.05, 0) is 12.1 Å². The van der Waals surface area contributed by atoms with Crippen LogP contribution in [0.2, 0.25) is 0 Å². The SMILES string of the molecule is C=CCNCSc1ccccc1.Cl. The molecule has 0 heterocycles. The van der Waals surface area contributed by atoms with Gasteiger partial charge in [0.1, 0.15) is 0 Å². The van der Waals surface area contributed by atoms with Crippen LogP contribution in [0.25, 0.3) is 0 Å². The first-order chi connectivity index (χ1) is 5.93. The third kappa shape index (κ3) is 5.75. The van der Waals surface area contributed by atoms with Crippen molar-refractivity contribution in [1.29, 1.82) is 0 Å². The van der Waals surface area contributed by atoms with Crippen LogP contribution in [-0.4, -0.2) is 12.4 Å². The number of rotatable bonds is 5. The summed E-state index contributed by atoms with van der Waals surface area (Å²) in [5, 5.41) is 3.23. The van der Waals surface area contributed by atoms with E-state index in [0.29, 0.717) is 0 Å². The summed E-state index contributed by atoms with van der Waals surface area (Å²) in [6, 6.07) is 10.4. The van der Waals surface area contributed by atoms with Crippen molar-refractivity contribution >= 4 is 24.2 Å². The first-order valence-corrected chi connectivity index (χ1v) is 4.91. The molecule has 72 valence electrons. The molecule has 0 aliphatic heterocycles. The maximum absolute atomic E-state index is 3.63. The molecule has 0 bridgehead atoms. The molecule has 0 aromatic heterocycles. The van der Waals surface area contributed by atoms with E-state index in [1.807, 2.05) is 12.1 Å². The Balaban J connectivity index is 0.00000144. The lowest BCUT2D eigenvalue weighted by Gasteiger charge is -2.00. The zero-order chi connectivity index (χ0) is 8.65. The molecule has 13 heavy (non-hydrogen) atoms. The molecule has 1 aromatic rings. The van der Waals surface area contributed by atoms with Crippen LogP contribution in [-0.2, 0) is 0 Å². The normalized spacial score (nSPS) is 8.92. The van der Waals surface area contributed by atoms with Crippen LogP contribution in [0.15, 0.2) is 47.9 Å². The second-order valence-corrected chi connectivity index (χ2v) is 3.39. The Bertz CT molecular complexity index is 226. The van der Waals surface area contributed by atoms with Gasteiger partial charge < -0.3 is 5.32 Å². The van der Waals surface area contributed by atoms with Crippen molar-refractivity contribution in [3.8, 4) is 0 Å². The summed E-state index contributed by atoms with van der Waals surface area (Å²) in [5.74, 6) is 0.941. The lowest BCUT2D eigenvalue weighted by atomic mass is 10.4. The lowest BCUT2D eigenvalue weighted by molar-refractivity contribution is 0.892. The van der Waals surface area contributed by atoms with Crippen molar-refractivity contribution in [2.24, 2.45) is 0 Å². The first kappa shape index (κ1) is 12.6. The minimum atomic E-state index is 0. The van der Waals surface area contributed by atoms with Gasteiger partial charge in [0, 0.05) is 17.3 Å². The van der Waals surface area contributed by atoms with E-state index < -0.39 is 0 Å². The molecule has 0 aliphatic carbocycles. The van der Waals surface area contributed by atoms with Crippen molar-refractivity contribution in [3.05, 3.63) is 43.0 Å². The van der Waals surface area contributed by atoms with Crippen LogP contribution in [0, 0.1) is 0 Å². The average Bonchev–Trinajstić information content (AvgIpc) is 2.14. The maximum Gasteiger partial charge on any atom is 0.0468 e. The fourth-order valence-corrected chi connectivity index (χ4v) is 1.55. The Morgan fingerprint density at radius 2 is 2.00 bits per heavy atom. The van der Waals surface area contributed by atoms with Gasteiger partial charge in [-0.3, -0.25) is 0 Å². The molecule has 0 fully saturated rings. The highest BCUT2D eigenvalue weighted by atomic mass is 35.5. The molecular formula is C10H14ClNS. The average molecular weight is 216 g/mol. The van der Waals surface area contributed by atoms with Crippen LogP contribution in [0.4, 0.5) is 0 Å². The van der Waals surface area contributed by atoms with Crippen LogP contribution in [0.1, 0.15) is 0 Å². The van der Waals surface area contributed by atoms with Gasteiger partial charge in [0.2, 0.25) is 0 Å². The van der Waals surface area contributed by atoms with Crippen molar-refractivity contribution in [1.82, 2.24) is 5.32 Å². The van der Waals surface area contributed by atoms with Crippen molar-refractivity contribution in [2.75, 3.05) is 12.4 Å². The smallest absolute Gasteiger partial charge is 0.0468 e. The Hall–Kier alpha value is -0.440. The molecule has 0 unspecified atom stereocenters. The molecule has 0 radical (unpaired) electrons. The number of hydrogen-bond acceptors (Lipinski definition) is 2. The summed E-state index contributed by atoms with van der Waals surface area (Å²) < 4.78 is 0. The largest absolute Gasteiger partial charge is 0.304 e. The molecule has 0 amide bonds. The number of halogens is 1. The molecule has 1 rings (SSSR count). The number of nitrogens with one attached hydrogen (secondary N) is 1. The standard InChI is InChI=1S/C10H13NS.ClH/c1-2-8-11-9-12-10-6-4-3-5-7-10;/h2-7,11H,1,8-9H2;1H. The maximum atomic E-state index is 3.63. The summed E-state index contributed by atoms with van der Waals surface area (Å²) in [6.07, 6.45) is 1.87. The molecule has 0 atom stereocenters. The molecule has 1 aromatic carbocycles. The van der Waals surface area contributed by atoms with Crippen LogP contribution in [0.5, 0.6) is 0 Å². The van der Waals surface area contributed by atoms with Gasteiger partial charge in [-0.15, -0.1) is 30.7 Å². The van der Waals surface area contributed by atoms with Gasteiger partial charge in [-0.2, -0.15) is 0 Å². The van der Waals surface area contributed by atoms with Crippen LogP contribution in [0.3, 0.4) is 0 Å². The second kappa shape index (κ2) is 8.17. The van der Waals surface area contributed by atoms with E-state index in [4.69, 9.17) is 0 Å². The molecule has 0 aliphatic rings. The van der Waals surface area contributed by atoms with Gasteiger partial charge in [0.25, 0.3) is 0 Å². The molecular weight excluding hydrogens is 202 g/mol. The Kier molecular flexibility index (Phi) is 7.90. The molecule has 3 heteroatoms. The van der Waals surface area contributed by atoms with Crippen LogP contribution >= 0.6 is 24.2 Å². The number of hydrogen-bond donors (Lipinski definition) is 1. The summed E-state index contributed by atoms with van der Waals surface area (Å²) in [7, 11) is 0. The highest BCUT2D eigenvalue weighted by Crippen LogP contribution is 2.14. The fraction of sp³-hybridized carbons (Fsp3) is 0.200. The molecule has 0 spiro atoms. The first-order valence-electron chi connectivity index (χ1n) is 3.93.